The van der Waals surface area contributed by atoms with Gasteiger partial charge in [0.2, 0.25) is 0 Å². The van der Waals surface area contributed by atoms with E-state index in [0.717, 1.165) is 43.9 Å². The van der Waals surface area contributed by atoms with Gasteiger partial charge in [0, 0.05) is 26.7 Å². The zero-order valence-electron chi connectivity index (χ0n) is 13.5. The van der Waals surface area contributed by atoms with Crippen LogP contribution in [-0.2, 0) is 6.54 Å². The Morgan fingerprint density at radius 1 is 1.04 bits per heavy atom. The number of benzene rings is 2. The lowest BCUT2D eigenvalue weighted by atomic mass is 10.2. The van der Waals surface area contributed by atoms with Crippen LogP contribution in [-0.4, -0.2) is 31.1 Å². The zero-order valence-corrected chi connectivity index (χ0v) is 13.5. The van der Waals surface area contributed by atoms with Gasteiger partial charge in [-0.3, -0.25) is 0 Å². The molecule has 3 rings (SSSR count). The summed E-state index contributed by atoms with van der Waals surface area (Å²) in [6.07, 6.45) is 2.20. The third kappa shape index (κ3) is 3.83. The van der Waals surface area contributed by atoms with Crippen LogP contribution >= 0.6 is 0 Å². The molecule has 1 heterocycles. The topological polar surface area (TPSA) is 35.6 Å². The van der Waals surface area contributed by atoms with Gasteiger partial charge in [-0.05, 0) is 30.5 Å². The number of para-hydroxylation sites is 2. The second-order valence-electron chi connectivity index (χ2n) is 5.98. The third-order valence-electron chi connectivity index (χ3n) is 4.21. The van der Waals surface area contributed by atoms with E-state index in [0.29, 0.717) is 0 Å². The average molecular weight is 309 g/mol. The SMILES string of the molecule is CN(Cc1ccccc1)c1ccccc1NC(=O)N1CCCC1. The fourth-order valence-electron chi connectivity index (χ4n) is 2.97. The number of carbonyl (C=O) groups is 1. The van der Waals surface area contributed by atoms with Crippen molar-refractivity contribution in [2.45, 2.75) is 19.4 Å². The summed E-state index contributed by atoms with van der Waals surface area (Å²) >= 11 is 0. The molecule has 0 bridgehead atoms. The van der Waals surface area contributed by atoms with Crippen molar-refractivity contribution in [2.75, 3.05) is 30.4 Å². The molecule has 23 heavy (non-hydrogen) atoms. The maximum Gasteiger partial charge on any atom is 0.321 e. The van der Waals surface area contributed by atoms with Crippen molar-refractivity contribution in [3.8, 4) is 0 Å². The molecule has 1 fully saturated rings. The second kappa shape index (κ2) is 7.18. The number of likely N-dealkylation sites (tertiary alicyclic amines) is 1. The van der Waals surface area contributed by atoms with Crippen molar-refractivity contribution >= 4 is 17.4 Å². The Morgan fingerprint density at radius 3 is 2.43 bits per heavy atom. The van der Waals surface area contributed by atoms with E-state index < -0.39 is 0 Å². The Balaban J connectivity index is 1.73. The summed E-state index contributed by atoms with van der Waals surface area (Å²) in [5.41, 5.74) is 3.14. The smallest absolute Gasteiger partial charge is 0.321 e. The van der Waals surface area contributed by atoms with Crippen molar-refractivity contribution in [1.82, 2.24) is 4.90 Å². The minimum atomic E-state index is 0.00283. The molecule has 1 aliphatic heterocycles. The highest BCUT2D eigenvalue weighted by Gasteiger charge is 2.19. The number of hydrogen-bond donors (Lipinski definition) is 1. The van der Waals surface area contributed by atoms with E-state index in [1.54, 1.807) is 0 Å². The Morgan fingerprint density at radius 2 is 1.70 bits per heavy atom. The number of urea groups is 1. The van der Waals surface area contributed by atoms with Crippen LogP contribution in [0.5, 0.6) is 0 Å². The first-order valence-corrected chi connectivity index (χ1v) is 8.14. The molecule has 2 amide bonds. The number of anilines is 2. The summed E-state index contributed by atoms with van der Waals surface area (Å²) in [4.78, 5) is 16.4. The number of amides is 2. The summed E-state index contributed by atoms with van der Waals surface area (Å²) in [5.74, 6) is 0. The molecule has 0 radical (unpaired) electrons. The molecule has 120 valence electrons. The lowest BCUT2D eigenvalue weighted by molar-refractivity contribution is 0.222. The van der Waals surface area contributed by atoms with Crippen molar-refractivity contribution < 1.29 is 4.79 Å². The summed E-state index contributed by atoms with van der Waals surface area (Å²) in [6.45, 7) is 2.51. The molecule has 0 aromatic heterocycles. The van der Waals surface area contributed by atoms with E-state index in [-0.39, 0.29) is 6.03 Å². The predicted molar refractivity (Wildman–Crippen MR) is 94.8 cm³/mol. The molecule has 0 saturated carbocycles. The molecular weight excluding hydrogens is 286 g/mol. The molecule has 2 aromatic rings. The quantitative estimate of drug-likeness (QED) is 0.928. The largest absolute Gasteiger partial charge is 0.369 e. The van der Waals surface area contributed by atoms with Gasteiger partial charge in [-0.1, -0.05) is 42.5 Å². The molecule has 4 heteroatoms. The van der Waals surface area contributed by atoms with Crippen LogP contribution < -0.4 is 10.2 Å². The van der Waals surface area contributed by atoms with Crippen LogP contribution in [0.2, 0.25) is 0 Å². The van der Waals surface area contributed by atoms with Gasteiger partial charge in [0.05, 0.1) is 11.4 Å². The molecule has 4 nitrogen and oxygen atoms in total. The van der Waals surface area contributed by atoms with Crippen molar-refractivity contribution in [1.29, 1.82) is 0 Å². The first-order valence-electron chi connectivity index (χ1n) is 8.14. The van der Waals surface area contributed by atoms with Gasteiger partial charge in [-0.25, -0.2) is 4.79 Å². The summed E-state index contributed by atoms with van der Waals surface area (Å²) in [7, 11) is 2.05. The Kier molecular flexibility index (Phi) is 4.81. The summed E-state index contributed by atoms with van der Waals surface area (Å²) in [6, 6.07) is 18.3. The first-order chi connectivity index (χ1) is 11.2. The van der Waals surface area contributed by atoms with E-state index in [1.165, 1.54) is 5.56 Å². The van der Waals surface area contributed by atoms with Crippen molar-refractivity contribution in [3.63, 3.8) is 0 Å². The lowest BCUT2D eigenvalue weighted by Gasteiger charge is -2.24. The highest BCUT2D eigenvalue weighted by molar-refractivity contribution is 5.93. The van der Waals surface area contributed by atoms with E-state index in [9.17, 15) is 4.79 Å². The maximum atomic E-state index is 12.3. The first kappa shape index (κ1) is 15.4. The highest BCUT2D eigenvalue weighted by Crippen LogP contribution is 2.26. The molecular formula is C19H23N3O. The van der Waals surface area contributed by atoms with E-state index in [4.69, 9.17) is 0 Å². The predicted octanol–water partition coefficient (Wildman–Crippen LogP) is 3.95. The Bertz CT molecular complexity index is 651. The lowest BCUT2D eigenvalue weighted by Crippen LogP contribution is -2.32. The van der Waals surface area contributed by atoms with E-state index in [1.807, 2.05) is 54.4 Å². The normalized spacial score (nSPS) is 13.9. The molecule has 2 aromatic carbocycles. The van der Waals surface area contributed by atoms with Crippen LogP contribution in [0.25, 0.3) is 0 Å². The maximum absolute atomic E-state index is 12.3. The average Bonchev–Trinajstić information content (AvgIpc) is 3.11. The Hall–Kier alpha value is -2.49. The van der Waals surface area contributed by atoms with Gasteiger partial charge in [0.15, 0.2) is 0 Å². The van der Waals surface area contributed by atoms with Gasteiger partial charge < -0.3 is 15.1 Å². The summed E-state index contributed by atoms with van der Waals surface area (Å²) in [5, 5.41) is 3.06. The van der Waals surface area contributed by atoms with Crippen LogP contribution in [0.3, 0.4) is 0 Å². The van der Waals surface area contributed by atoms with E-state index >= 15 is 0 Å². The standard InChI is InChI=1S/C19H23N3O/c1-21(15-16-9-3-2-4-10-16)18-12-6-5-11-17(18)20-19(23)22-13-7-8-14-22/h2-6,9-12H,7-8,13-15H2,1H3,(H,20,23). The molecule has 1 N–H and O–H groups in total. The molecule has 0 unspecified atom stereocenters. The molecule has 0 aliphatic carbocycles. The van der Waals surface area contributed by atoms with Crippen LogP contribution in [0.15, 0.2) is 54.6 Å². The fourth-order valence-corrected chi connectivity index (χ4v) is 2.97. The minimum absolute atomic E-state index is 0.00283. The Labute approximate surface area is 137 Å². The summed E-state index contributed by atoms with van der Waals surface area (Å²) < 4.78 is 0. The zero-order chi connectivity index (χ0) is 16.1. The van der Waals surface area contributed by atoms with Gasteiger partial charge in [-0.15, -0.1) is 0 Å². The fraction of sp³-hybridized carbons (Fsp3) is 0.316. The van der Waals surface area contributed by atoms with Crippen LogP contribution in [0, 0.1) is 0 Å². The van der Waals surface area contributed by atoms with Gasteiger partial charge in [-0.2, -0.15) is 0 Å². The minimum Gasteiger partial charge on any atom is -0.369 e. The van der Waals surface area contributed by atoms with Gasteiger partial charge in [0.25, 0.3) is 0 Å². The molecule has 0 spiro atoms. The highest BCUT2D eigenvalue weighted by atomic mass is 16.2. The van der Waals surface area contributed by atoms with Gasteiger partial charge >= 0.3 is 6.03 Å². The molecule has 1 saturated heterocycles. The van der Waals surface area contributed by atoms with Crippen molar-refractivity contribution in [3.05, 3.63) is 60.2 Å². The van der Waals surface area contributed by atoms with E-state index in [2.05, 4.69) is 22.3 Å². The molecule has 0 atom stereocenters. The number of nitrogens with one attached hydrogen (secondary N) is 1. The monoisotopic (exact) mass is 309 g/mol. The second-order valence-corrected chi connectivity index (χ2v) is 5.98. The number of hydrogen-bond acceptors (Lipinski definition) is 2. The molecule has 1 aliphatic rings. The van der Waals surface area contributed by atoms with Crippen molar-refractivity contribution in [2.24, 2.45) is 0 Å². The van der Waals surface area contributed by atoms with Crippen LogP contribution in [0.4, 0.5) is 16.2 Å². The van der Waals surface area contributed by atoms with Crippen LogP contribution in [0.1, 0.15) is 18.4 Å². The number of rotatable bonds is 4. The third-order valence-corrected chi connectivity index (χ3v) is 4.21. The number of nitrogens with zero attached hydrogens (tertiary/aromatic N) is 2. The number of carbonyl (C=O) groups excluding carboxylic acids is 1. The van der Waals surface area contributed by atoms with Gasteiger partial charge in [0.1, 0.15) is 0 Å².